The highest BCUT2D eigenvalue weighted by molar-refractivity contribution is 9.10. The number of oxime groups is 1. The molecule has 4 heteroatoms. The van der Waals surface area contributed by atoms with Gasteiger partial charge in [-0.1, -0.05) is 27.2 Å². The van der Waals surface area contributed by atoms with Gasteiger partial charge in [0, 0.05) is 21.6 Å². The SMILES string of the molecule is O/N=C\c1ccc(Br)c2cccnc12. The van der Waals surface area contributed by atoms with Gasteiger partial charge in [0.1, 0.15) is 0 Å². The Bertz CT molecular complexity index is 496. The van der Waals surface area contributed by atoms with Crippen molar-refractivity contribution >= 4 is 33.0 Å². The minimum absolute atomic E-state index is 0.798. The zero-order valence-electron chi connectivity index (χ0n) is 7.18. The Kier molecular flexibility index (Phi) is 2.45. The van der Waals surface area contributed by atoms with Gasteiger partial charge in [0.05, 0.1) is 11.7 Å². The van der Waals surface area contributed by atoms with Gasteiger partial charge in [-0.3, -0.25) is 4.98 Å². The molecule has 0 aliphatic carbocycles. The highest BCUT2D eigenvalue weighted by atomic mass is 79.9. The molecule has 0 unspecified atom stereocenters. The molecule has 2 rings (SSSR count). The Morgan fingerprint density at radius 1 is 1.36 bits per heavy atom. The van der Waals surface area contributed by atoms with Crippen molar-refractivity contribution in [1.29, 1.82) is 0 Å². The summed E-state index contributed by atoms with van der Waals surface area (Å²) in [4.78, 5) is 4.23. The van der Waals surface area contributed by atoms with Gasteiger partial charge >= 0.3 is 0 Å². The summed E-state index contributed by atoms with van der Waals surface area (Å²) in [5.41, 5.74) is 1.62. The van der Waals surface area contributed by atoms with E-state index in [1.54, 1.807) is 6.20 Å². The van der Waals surface area contributed by atoms with Gasteiger partial charge in [-0.25, -0.2) is 0 Å². The monoisotopic (exact) mass is 250 g/mol. The second-order valence-electron chi connectivity index (χ2n) is 2.78. The summed E-state index contributed by atoms with van der Waals surface area (Å²) in [5.74, 6) is 0. The average molecular weight is 251 g/mol. The third-order valence-electron chi connectivity index (χ3n) is 1.94. The van der Waals surface area contributed by atoms with E-state index in [0.29, 0.717) is 0 Å². The van der Waals surface area contributed by atoms with E-state index in [2.05, 4.69) is 26.1 Å². The van der Waals surface area contributed by atoms with Gasteiger partial charge < -0.3 is 5.21 Å². The minimum Gasteiger partial charge on any atom is -0.411 e. The molecule has 14 heavy (non-hydrogen) atoms. The smallest absolute Gasteiger partial charge is 0.0802 e. The van der Waals surface area contributed by atoms with E-state index < -0.39 is 0 Å². The van der Waals surface area contributed by atoms with Crippen molar-refractivity contribution in [3.8, 4) is 0 Å². The summed E-state index contributed by atoms with van der Waals surface area (Å²) >= 11 is 3.44. The summed E-state index contributed by atoms with van der Waals surface area (Å²) in [7, 11) is 0. The third kappa shape index (κ3) is 1.48. The van der Waals surface area contributed by atoms with E-state index in [4.69, 9.17) is 5.21 Å². The molecule has 0 aliphatic rings. The molecule has 0 saturated carbocycles. The van der Waals surface area contributed by atoms with Crippen molar-refractivity contribution in [3.05, 3.63) is 40.5 Å². The zero-order chi connectivity index (χ0) is 9.97. The van der Waals surface area contributed by atoms with Gasteiger partial charge in [-0.15, -0.1) is 0 Å². The lowest BCUT2D eigenvalue weighted by molar-refractivity contribution is 0.322. The maximum atomic E-state index is 8.48. The minimum atomic E-state index is 0.798. The van der Waals surface area contributed by atoms with E-state index >= 15 is 0 Å². The van der Waals surface area contributed by atoms with Gasteiger partial charge in [-0.05, 0) is 18.2 Å². The maximum Gasteiger partial charge on any atom is 0.0802 e. The molecule has 70 valence electrons. The average Bonchev–Trinajstić information content (AvgIpc) is 2.23. The number of hydrogen-bond acceptors (Lipinski definition) is 3. The van der Waals surface area contributed by atoms with Crippen LogP contribution in [-0.2, 0) is 0 Å². The molecular weight excluding hydrogens is 244 g/mol. The molecule has 0 amide bonds. The van der Waals surface area contributed by atoms with Crippen molar-refractivity contribution in [2.75, 3.05) is 0 Å². The second-order valence-corrected chi connectivity index (χ2v) is 3.64. The standard InChI is InChI=1S/C10H7BrN2O/c11-9-4-3-7(6-13-14)10-8(9)2-1-5-12-10/h1-6,14H/b13-6-. The van der Waals surface area contributed by atoms with Crippen LogP contribution in [-0.4, -0.2) is 16.4 Å². The highest BCUT2D eigenvalue weighted by Gasteiger charge is 2.02. The fourth-order valence-corrected chi connectivity index (χ4v) is 1.78. The van der Waals surface area contributed by atoms with Crippen molar-refractivity contribution in [1.82, 2.24) is 4.98 Å². The molecule has 1 aromatic heterocycles. The van der Waals surface area contributed by atoms with Crippen LogP contribution in [0.4, 0.5) is 0 Å². The number of rotatable bonds is 1. The Labute approximate surface area is 89.2 Å². The van der Waals surface area contributed by atoms with Crippen molar-refractivity contribution in [3.63, 3.8) is 0 Å². The van der Waals surface area contributed by atoms with E-state index in [1.807, 2.05) is 24.3 Å². The molecule has 0 saturated heterocycles. The number of hydrogen-bond donors (Lipinski definition) is 1. The van der Waals surface area contributed by atoms with Crippen LogP contribution in [0.5, 0.6) is 0 Å². The lowest BCUT2D eigenvalue weighted by Crippen LogP contribution is -1.87. The van der Waals surface area contributed by atoms with Crippen LogP contribution in [0.1, 0.15) is 5.56 Å². The molecule has 0 atom stereocenters. The fourth-order valence-electron chi connectivity index (χ4n) is 1.33. The first-order chi connectivity index (χ1) is 6.83. The largest absolute Gasteiger partial charge is 0.411 e. The van der Waals surface area contributed by atoms with Crippen LogP contribution < -0.4 is 0 Å². The number of fused-ring (bicyclic) bond motifs is 1. The summed E-state index contributed by atoms with van der Waals surface area (Å²) in [6.45, 7) is 0. The molecule has 0 fully saturated rings. The first-order valence-corrected chi connectivity index (χ1v) is 4.83. The second kappa shape index (κ2) is 3.75. The molecular formula is C10H7BrN2O. The van der Waals surface area contributed by atoms with Gasteiger partial charge in [0.2, 0.25) is 0 Å². The van der Waals surface area contributed by atoms with E-state index in [-0.39, 0.29) is 0 Å². The van der Waals surface area contributed by atoms with Crippen molar-refractivity contribution in [2.45, 2.75) is 0 Å². The normalized spacial score (nSPS) is 11.2. The van der Waals surface area contributed by atoms with E-state index in [0.717, 1.165) is 20.9 Å². The van der Waals surface area contributed by atoms with E-state index in [9.17, 15) is 0 Å². The summed E-state index contributed by atoms with van der Waals surface area (Å²) in [5, 5.41) is 12.5. The molecule has 0 bridgehead atoms. The van der Waals surface area contributed by atoms with Crippen molar-refractivity contribution in [2.24, 2.45) is 5.16 Å². The number of benzene rings is 1. The fraction of sp³-hybridized carbons (Fsp3) is 0. The third-order valence-corrected chi connectivity index (χ3v) is 2.64. The number of halogens is 1. The first kappa shape index (κ1) is 9.15. The Balaban J connectivity index is 2.81. The number of aromatic nitrogens is 1. The molecule has 0 spiro atoms. The van der Waals surface area contributed by atoms with Crippen LogP contribution in [0.2, 0.25) is 0 Å². The topological polar surface area (TPSA) is 45.5 Å². The van der Waals surface area contributed by atoms with Crippen LogP contribution in [0.15, 0.2) is 40.1 Å². The molecule has 2 aromatic rings. The van der Waals surface area contributed by atoms with Gasteiger partial charge in [-0.2, -0.15) is 0 Å². The summed E-state index contributed by atoms with van der Waals surface area (Å²) in [6.07, 6.45) is 3.09. The first-order valence-electron chi connectivity index (χ1n) is 4.03. The molecule has 3 nitrogen and oxygen atoms in total. The predicted molar refractivity (Wildman–Crippen MR) is 58.8 cm³/mol. The number of pyridine rings is 1. The Hall–Kier alpha value is -1.42. The van der Waals surface area contributed by atoms with Gasteiger partial charge in [0.15, 0.2) is 0 Å². The quantitative estimate of drug-likeness (QED) is 0.481. The number of nitrogens with zero attached hydrogens (tertiary/aromatic N) is 2. The van der Waals surface area contributed by atoms with Crippen molar-refractivity contribution < 1.29 is 5.21 Å². The molecule has 1 aromatic carbocycles. The summed E-state index contributed by atoms with van der Waals surface area (Å²) in [6, 6.07) is 7.58. The molecule has 1 heterocycles. The highest BCUT2D eigenvalue weighted by Crippen LogP contribution is 2.24. The lowest BCUT2D eigenvalue weighted by Gasteiger charge is -2.01. The predicted octanol–water partition coefficient (Wildman–Crippen LogP) is 2.81. The lowest BCUT2D eigenvalue weighted by atomic mass is 10.1. The van der Waals surface area contributed by atoms with Crippen LogP contribution in [0, 0.1) is 0 Å². The van der Waals surface area contributed by atoms with Gasteiger partial charge in [0.25, 0.3) is 0 Å². The Morgan fingerprint density at radius 3 is 3.00 bits per heavy atom. The zero-order valence-corrected chi connectivity index (χ0v) is 8.77. The summed E-state index contributed by atoms with van der Waals surface area (Å²) < 4.78 is 0.982. The molecule has 0 aliphatic heterocycles. The Morgan fingerprint density at radius 2 is 2.21 bits per heavy atom. The van der Waals surface area contributed by atoms with Crippen LogP contribution >= 0.6 is 15.9 Å². The maximum absolute atomic E-state index is 8.48. The van der Waals surface area contributed by atoms with Crippen LogP contribution in [0.25, 0.3) is 10.9 Å². The van der Waals surface area contributed by atoms with E-state index in [1.165, 1.54) is 6.21 Å². The van der Waals surface area contributed by atoms with Crippen LogP contribution in [0.3, 0.4) is 0 Å². The molecule has 1 N–H and O–H groups in total. The molecule has 0 radical (unpaired) electrons.